The van der Waals surface area contributed by atoms with Crippen molar-refractivity contribution >= 4 is 24.7 Å². The van der Waals surface area contributed by atoms with Crippen molar-refractivity contribution in [3.8, 4) is 0 Å². The highest BCUT2D eigenvalue weighted by Crippen LogP contribution is 2.22. The minimum Gasteiger partial charge on any atom is -0.462 e. The van der Waals surface area contributed by atoms with Gasteiger partial charge in [0.15, 0.2) is 0 Å². The lowest BCUT2D eigenvalue weighted by Crippen LogP contribution is -2.42. The van der Waals surface area contributed by atoms with Gasteiger partial charge in [-0.15, -0.1) is 0 Å². The van der Waals surface area contributed by atoms with Crippen molar-refractivity contribution in [3.05, 3.63) is 0 Å². The third kappa shape index (κ3) is 6.71. The minimum atomic E-state index is -0.483. The number of carbonyl (C=O) groups is 2. The van der Waals surface area contributed by atoms with Crippen LogP contribution in [0.1, 0.15) is 46.5 Å². The molecule has 1 saturated carbocycles. The van der Waals surface area contributed by atoms with Crippen LogP contribution in [0.15, 0.2) is 0 Å². The second-order valence-electron chi connectivity index (χ2n) is 5.77. The van der Waals surface area contributed by atoms with Gasteiger partial charge in [-0.05, 0) is 46.5 Å². The van der Waals surface area contributed by atoms with E-state index in [1.807, 2.05) is 20.8 Å². The fourth-order valence-corrected chi connectivity index (χ4v) is 2.10. The first kappa shape index (κ1) is 16.1. The molecule has 0 aromatic carbocycles. The summed E-state index contributed by atoms with van der Waals surface area (Å²) < 4.78 is 10.4. The van der Waals surface area contributed by atoms with Crippen LogP contribution in [0.5, 0.6) is 0 Å². The van der Waals surface area contributed by atoms with E-state index in [1.165, 1.54) is 0 Å². The van der Waals surface area contributed by atoms with Gasteiger partial charge in [0.1, 0.15) is 11.7 Å². The number of hydrogen-bond donors (Lipinski definition) is 2. The molecule has 0 aliphatic heterocycles. The molecule has 1 fully saturated rings. The number of hydrogen-bond acceptors (Lipinski definition) is 5. The highest BCUT2D eigenvalue weighted by Gasteiger charge is 2.26. The Morgan fingerprint density at radius 3 is 2.26 bits per heavy atom. The molecule has 5 nitrogen and oxygen atoms in total. The summed E-state index contributed by atoms with van der Waals surface area (Å²) in [5, 5.41) is 2.85. The lowest BCUT2D eigenvalue weighted by atomic mass is 9.93. The van der Waals surface area contributed by atoms with Crippen molar-refractivity contribution < 1.29 is 19.1 Å². The molecule has 110 valence electrons. The SMILES string of the molecule is CC(C)(C)OC(=O)NC1CCC(OC(=O)CS)CC1. The predicted molar refractivity (Wildman–Crippen MR) is 75.4 cm³/mol. The summed E-state index contributed by atoms with van der Waals surface area (Å²) in [4.78, 5) is 22.7. The Bertz CT molecular complexity index is 319. The minimum absolute atomic E-state index is 0.0451. The van der Waals surface area contributed by atoms with Gasteiger partial charge in [0.2, 0.25) is 0 Å². The number of esters is 1. The van der Waals surface area contributed by atoms with Crippen molar-refractivity contribution in [1.29, 1.82) is 0 Å². The molecule has 1 N–H and O–H groups in total. The summed E-state index contributed by atoms with van der Waals surface area (Å²) in [5.74, 6) is -0.178. The molecule has 1 aliphatic carbocycles. The van der Waals surface area contributed by atoms with E-state index in [1.54, 1.807) is 0 Å². The summed E-state index contributed by atoms with van der Waals surface area (Å²) in [5.41, 5.74) is -0.483. The smallest absolute Gasteiger partial charge is 0.407 e. The van der Waals surface area contributed by atoms with E-state index in [0.29, 0.717) is 0 Å². The molecule has 1 aliphatic rings. The zero-order valence-corrected chi connectivity index (χ0v) is 12.7. The Kier molecular flexibility index (Phi) is 5.97. The molecule has 0 spiro atoms. The number of carbonyl (C=O) groups excluding carboxylic acids is 2. The summed E-state index contributed by atoms with van der Waals surface area (Å²) in [6.07, 6.45) is 2.69. The summed E-state index contributed by atoms with van der Waals surface area (Å²) in [7, 11) is 0. The van der Waals surface area contributed by atoms with Crippen LogP contribution in [0.25, 0.3) is 0 Å². The first-order chi connectivity index (χ1) is 8.80. The highest BCUT2D eigenvalue weighted by atomic mass is 32.1. The monoisotopic (exact) mass is 289 g/mol. The van der Waals surface area contributed by atoms with E-state index in [9.17, 15) is 9.59 Å². The first-order valence-electron chi connectivity index (χ1n) is 6.60. The van der Waals surface area contributed by atoms with Crippen LogP contribution >= 0.6 is 12.6 Å². The van der Waals surface area contributed by atoms with Gasteiger partial charge in [-0.3, -0.25) is 4.79 Å². The molecule has 19 heavy (non-hydrogen) atoms. The van der Waals surface area contributed by atoms with Crippen LogP contribution in [-0.2, 0) is 14.3 Å². The van der Waals surface area contributed by atoms with Crippen LogP contribution in [0.4, 0.5) is 4.79 Å². The highest BCUT2D eigenvalue weighted by molar-refractivity contribution is 7.81. The van der Waals surface area contributed by atoms with Gasteiger partial charge in [0.05, 0.1) is 5.75 Å². The molecule has 1 rings (SSSR count). The maximum absolute atomic E-state index is 11.6. The Balaban J connectivity index is 2.26. The quantitative estimate of drug-likeness (QED) is 0.618. The molecule has 6 heteroatoms. The molecule has 0 saturated heterocycles. The Morgan fingerprint density at radius 1 is 1.21 bits per heavy atom. The van der Waals surface area contributed by atoms with E-state index in [0.717, 1.165) is 25.7 Å². The zero-order valence-electron chi connectivity index (χ0n) is 11.8. The molecule has 0 aromatic heterocycles. The van der Waals surface area contributed by atoms with E-state index >= 15 is 0 Å². The van der Waals surface area contributed by atoms with Gasteiger partial charge >= 0.3 is 12.1 Å². The van der Waals surface area contributed by atoms with Gasteiger partial charge in [-0.25, -0.2) is 4.79 Å². The van der Waals surface area contributed by atoms with Crippen LogP contribution in [-0.4, -0.2) is 35.6 Å². The first-order valence-corrected chi connectivity index (χ1v) is 7.23. The van der Waals surface area contributed by atoms with Gasteiger partial charge in [-0.2, -0.15) is 12.6 Å². The molecule has 1 amide bonds. The third-order valence-corrected chi connectivity index (χ3v) is 3.08. The lowest BCUT2D eigenvalue weighted by Gasteiger charge is -2.29. The van der Waals surface area contributed by atoms with Crippen molar-refractivity contribution in [2.24, 2.45) is 0 Å². The van der Waals surface area contributed by atoms with Gasteiger partial charge in [-0.1, -0.05) is 0 Å². The largest absolute Gasteiger partial charge is 0.462 e. The van der Waals surface area contributed by atoms with Crippen molar-refractivity contribution in [2.45, 2.75) is 64.2 Å². The number of ether oxygens (including phenoxy) is 2. The van der Waals surface area contributed by atoms with Gasteiger partial charge in [0.25, 0.3) is 0 Å². The van der Waals surface area contributed by atoms with Crippen molar-refractivity contribution in [1.82, 2.24) is 5.32 Å². The number of amides is 1. The summed E-state index contributed by atoms with van der Waals surface area (Å²) >= 11 is 3.87. The maximum Gasteiger partial charge on any atom is 0.407 e. The van der Waals surface area contributed by atoms with E-state index in [2.05, 4.69) is 17.9 Å². The molecule has 0 radical (unpaired) electrons. The van der Waals surface area contributed by atoms with Crippen LogP contribution < -0.4 is 5.32 Å². The second-order valence-corrected chi connectivity index (χ2v) is 6.08. The number of rotatable bonds is 3. The Morgan fingerprint density at radius 2 is 1.79 bits per heavy atom. The van der Waals surface area contributed by atoms with E-state index in [4.69, 9.17) is 9.47 Å². The topological polar surface area (TPSA) is 64.6 Å². The fraction of sp³-hybridized carbons (Fsp3) is 0.846. The number of thiol groups is 1. The molecule has 0 heterocycles. The average Bonchev–Trinajstić information content (AvgIpc) is 2.29. The second kappa shape index (κ2) is 7.03. The summed E-state index contributed by atoms with van der Waals surface area (Å²) in [6, 6.07) is 0.0980. The lowest BCUT2D eigenvalue weighted by molar-refractivity contribution is -0.147. The normalized spacial score (nSPS) is 23.6. The molecule has 0 bridgehead atoms. The molecule has 0 aromatic rings. The molecular formula is C13H23NO4S. The molecular weight excluding hydrogens is 266 g/mol. The van der Waals surface area contributed by atoms with Gasteiger partial charge in [0, 0.05) is 6.04 Å². The van der Waals surface area contributed by atoms with Crippen LogP contribution in [0.2, 0.25) is 0 Å². The zero-order chi connectivity index (χ0) is 14.5. The van der Waals surface area contributed by atoms with E-state index < -0.39 is 5.60 Å². The van der Waals surface area contributed by atoms with Crippen LogP contribution in [0.3, 0.4) is 0 Å². The molecule has 0 unspecified atom stereocenters. The maximum atomic E-state index is 11.6. The standard InChI is InChI=1S/C13H23NO4S/c1-13(2,3)18-12(16)14-9-4-6-10(7-5-9)17-11(15)8-19/h9-10,19H,4-8H2,1-3H3,(H,14,16). The molecule has 0 atom stereocenters. The average molecular weight is 289 g/mol. The van der Waals surface area contributed by atoms with Crippen LogP contribution in [0, 0.1) is 0 Å². The number of alkyl carbamates (subject to hydrolysis) is 1. The van der Waals surface area contributed by atoms with Gasteiger partial charge < -0.3 is 14.8 Å². The number of nitrogens with one attached hydrogen (secondary N) is 1. The fourth-order valence-electron chi connectivity index (χ4n) is 2.02. The Labute approximate surface area is 119 Å². The third-order valence-electron chi connectivity index (χ3n) is 2.82. The van der Waals surface area contributed by atoms with Crippen molar-refractivity contribution in [3.63, 3.8) is 0 Å². The van der Waals surface area contributed by atoms with Crippen molar-refractivity contribution in [2.75, 3.05) is 5.75 Å². The Hall–Kier alpha value is -0.910. The predicted octanol–water partition coefficient (Wildman–Crippen LogP) is 2.30. The summed E-state index contributed by atoms with van der Waals surface area (Å²) in [6.45, 7) is 5.50. The van der Waals surface area contributed by atoms with E-state index in [-0.39, 0.29) is 30.0 Å².